The van der Waals surface area contributed by atoms with Crippen LogP contribution in [-0.4, -0.2) is 23.5 Å². The van der Waals surface area contributed by atoms with Gasteiger partial charge in [-0.1, -0.05) is 37.6 Å². The monoisotopic (exact) mass is 255 g/mol. The Kier molecular flexibility index (Phi) is 4.69. The van der Waals surface area contributed by atoms with Crippen molar-refractivity contribution in [3.63, 3.8) is 0 Å². The van der Waals surface area contributed by atoms with Gasteiger partial charge < -0.3 is 10.4 Å². The molecule has 0 aliphatic rings. The Labute approximate surface area is 107 Å². The van der Waals surface area contributed by atoms with Crippen molar-refractivity contribution < 1.29 is 9.90 Å². The fourth-order valence-corrected chi connectivity index (χ4v) is 1.63. The zero-order chi connectivity index (χ0) is 13.1. The van der Waals surface area contributed by atoms with E-state index in [1.165, 1.54) is 6.92 Å². The van der Waals surface area contributed by atoms with Gasteiger partial charge in [0.2, 0.25) is 0 Å². The molecule has 0 aliphatic heterocycles. The van der Waals surface area contributed by atoms with Crippen molar-refractivity contribution in [1.29, 1.82) is 0 Å². The lowest BCUT2D eigenvalue weighted by molar-refractivity contribution is -0.135. The first-order valence-electron chi connectivity index (χ1n) is 5.59. The normalized spacial score (nSPS) is 14.7. The molecule has 4 heteroatoms. The number of rotatable bonds is 5. The molecule has 1 atom stereocenters. The van der Waals surface area contributed by atoms with Crippen LogP contribution in [0.4, 0.5) is 0 Å². The molecule has 1 unspecified atom stereocenters. The van der Waals surface area contributed by atoms with Crippen molar-refractivity contribution in [3.05, 3.63) is 34.9 Å². The molecule has 0 saturated heterocycles. The van der Waals surface area contributed by atoms with Crippen LogP contribution < -0.4 is 5.32 Å². The third-order valence-electron chi connectivity index (χ3n) is 2.67. The minimum atomic E-state index is -1.49. The molecule has 3 nitrogen and oxygen atoms in total. The maximum Gasteiger partial charge on any atom is 0.167 e. The van der Waals surface area contributed by atoms with Gasteiger partial charge in [-0.05, 0) is 24.6 Å². The third-order valence-corrected chi connectivity index (χ3v) is 2.92. The number of aliphatic hydroxyl groups is 1. The number of benzene rings is 1. The lowest BCUT2D eigenvalue weighted by atomic mass is 9.90. The second-order valence-corrected chi connectivity index (χ2v) is 4.90. The summed E-state index contributed by atoms with van der Waals surface area (Å²) in [6, 6.07) is 6.88. The molecule has 17 heavy (non-hydrogen) atoms. The summed E-state index contributed by atoms with van der Waals surface area (Å²) in [5.74, 6) is -0.284. The number of carbonyl (C=O) groups is 1. The van der Waals surface area contributed by atoms with E-state index in [0.29, 0.717) is 10.6 Å². The van der Waals surface area contributed by atoms with Crippen LogP contribution in [-0.2, 0) is 10.4 Å². The van der Waals surface area contributed by atoms with Gasteiger partial charge in [-0.3, -0.25) is 4.79 Å². The van der Waals surface area contributed by atoms with Crippen LogP contribution in [0, 0.1) is 0 Å². The first-order chi connectivity index (χ1) is 7.86. The number of ketones is 1. The Morgan fingerprint density at radius 2 is 1.94 bits per heavy atom. The van der Waals surface area contributed by atoms with Crippen LogP contribution >= 0.6 is 11.6 Å². The van der Waals surface area contributed by atoms with Crippen LogP contribution in [0.25, 0.3) is 0 Å². The Hall–Kier alpha value is -0.900. The second kappa shape index (κ2) is 5.63. The summed E-state index contributed by atoms with van der Waals surface area (Å²) in [4.78, 5) is 11.6. The maximum atomic E-state index is 11.6. The second-order valence-electron chi connectivity index (χ2n) is 4.46. The SMILES string of the molecule is CC(=O)C(O)(CNC(C)C)c1ccc(Cl)cc1. The quantitative estimate of drug-likeness (QED) is 0.847. The van der Waals surface area contributed by atoms with Crippen LogP contribution in [0.1, 0.15) is 26.3 Å². The molecule has 0 heterocycles. The molecular weight excluding hydrogens is 238 g/mol. The predicted molar refractivity (Wildman–Crippen MR) is 69.2 cm³/mol. The zero-order valence-electron chi connectivity index (χ0n) is 10.3. The summed E-state index contributed by atoms with van der Waals surface area (Å²) in [6.07, 6.45) is 0. The lowest BCUT2D eigenvalue weighted by Crippen LogP contribution is -2.45. The van der Waals surface area contributed by atoms with Crippen LogP contribution in [0.5, 0.6) is 0 Å². The summed E-state index contributed by atoms with van der Waals surface area (Å²) in [5, 5.41) is 14.1. The van der Waals surface area contributed by atoms with Gasteiger partial charge in [-0.15, -0.1) is 0 Å². The van der Waals surface area contributed by atoms with E-state index in [2.05, 4.69) is 5.32 Å². The van der Waals surface area contributed by atoms with Gasteiger partial charge in [-0.2, -0.15) is 0 Å². The number of Topliss-reactive ketones (excluding diaryl/α,β-unsaturated/α-hetero) is 1. The Bertz CT molecular complexity index is 389. The summed E-state index contributed by atoms with van der Waals surface area (Å²) < 4.78 is 0. The first kappa shape index (κ1) is 14.2. The smallest absolute Gasteiger partial charge is 0.167 e. The topological polar surface area (TPSA) is 49.3 Å². The first-order valence-corrected chi connectivity index (χ1v) is 5.97. The van der Waals surface area contributed by atoms with E-state index in [0.717, 1.165) is 0 Å². The van der Waals surface area contributed by atoms with Crippen LogP contribution in [0.2, 0.25) is 5.02 Å². The van der Waals surface area contributed by atoms with Crippen molar-refractivity contribution >= 4 is 17.4 Å². The average Bonchev–Trinajstić information content (AvgIpc) is 2.26. The number of nitrogens with one attached hydrogen (secondary N) is 1. The van der Waals surface area contributed by atoms with E-state index in [1.54, 1.807) is 24.3 Å². The highest BCUT2D eigenvalue weighted by atomic mass is 35.5. The van der Waals surface area contributed by atoms with Crippen molar-refractivity contribution in [2.45, 2.75) is 32.4 Å². The molecule has 0 fully saturated rings. The van der Waals surface area contributed by atoms with Crippen molar-refractivity contribution in [1.82, 2.24) is 5.32 Å². The highest BCUT2D eigenvalue weighted by Gasteiger charge is 2.34. The Morgan fingerprint density at radius 1 is 1.41 bits per heavy atom. The number of carbonyl (C=O) groups excluding carboxylic acids is 1. The summed E-state index contributed by atoms with van der Waals surface area (Å²) in [7, 11) is 0. The highest BCUT2D eigenvalue weighted by molar-refractivity contribution is 6.30. The molecule has 0 bridgehead atoms. The molecule has 1 aromatic rings. The molecule has 2 N–H and O–H groups in total. The summed E-state index contributed by atoms with van der Waals surface area (Å²) >= 11 is 5.79. The largest absolute Gasteiger partial charge is 0.376 e. The zero-order valence-corrected chi connectivity index (χ0v) is 11.1. The highest BCUT2D eigenvalue weighted by Crippen LogP contribution is 2.23. The van der Waals surface area contributed by atoms with Gasteiger partial charge in [-0.25, -0.2) is 0 Å². The molecular formula is C13H18ClNO2. The van der Waals surface area contributed by atoms with Crippen LogP contribution in [0.3, 0.4) is 0 Å². The molecule has 1 aromatic carbocycles. The van der Waals surface area contributed by atoms with E-state index in [-0.39, 0.29) is 18.4 Å². The molecule has 0 saturated carbocycles. The standard InChI is InChI=1S/C13H18ClNO2/c1-9(2)15-8-13(17,10(3)16)11-4-6-12(14)7-5-11/h4-7,9,15,17H,8H2,1-3H3. The van der Waals surface area contributed by atoms with Crippen molar-refractivity contribution in [2.24, 2.45) is 0 Å². The van der Waals surface area contributed by atoms with E-state index in [9.17, 15) is 9.90 Å². The minimum absolute atomic E-state index is 0.196. The molecule has 0 amide bonds. The minimum Gasteiger partial charge on any atom is -0.376 e. The number of hydrogen-bond acceptors (Lipinski definition) is 3. The molecule has 0 aromatic heterocycles. The van der Waals surface area contributed by atoms with Crippen LogP contribution in [0.15, 0.2) is 24.3 Å². The molecule has 0 aliphatic carbocycles. The third kappa shape index (κ3) is 3.53. The fourth-order valence-electron chi connectivity index (χ4n) is 1.51. The van der Waals surface area contributed by atoms with Gasteiger partial charge >= 0.3 is 0 Å². The van der Waals surface area contributed by atoms with Gasteiger partial charge in [0.1, 0.15) is 0 Å². The van der Waals surface area contributed by atoms with Gasteiger partial charge in [0.25, 0.3) is 0 Å². The molecule has 94 valence electrons. The van der Waals surface area contributed by atoms with Gasteiger partial charge in [0.05, 0.1) is 0 Å². The van der Waals surface area contributed by atoms with Gasteiger partial charge in [0, 0.05) is 17.6 Å². The predicted octanol–water partition coefficient (Wildman–Crippen LogP) is 2.11. The maximum absolute atomic E-state index is 11.6. The molecule has 0 radical (unpaired) electrons. The summed E-state index contributed by atoms with van der Waals surface area (Å²) in [6.45, 7) is 5.50. The molecule has 1 rings (SSSR count). The average molecular weight is 256 g/mol. The van der Waals surface area contributed by atoms with Gasteiger partial charge in [0.15, 0.2) is 11.4 Å². The van der Waals surface area contributed by atoms with Crippen molar-refractivity contribution in [3.8, 4) is 0 Å². The number of hydrogen-bond donors (Lipinski definition) is 2. The fraction of sp³-hybridized carbons (Fsp3) is 0.462. The van der Waals surface area contributed by atoms with E-state index in [4.69, 9.17) is 11.6 Å². The van der Waals surface area contributed by atoms with Crippen molar-refractivity contribution in [2.75, 3.05) is 6.54 Å². The van der Waals surface area contributed by atoms with E-state index in [1.807, 2.05) is 13.8 Å². The lowest BCUT2D eigenvalue weighted by Gasteiger charge is -2.27. The Balaban J connectivity index is 2.98. The molecule has 0 spiro atoms. The number of halogens is 1. The van der Waals surface area contributed by atoms with E-state index < -0.39 is 5.60 Å². The summed E-state index contributed by atoms with van der Waals surface area (Å²) in [5.41, 5.74) is -0.933. The van der Waals surface area contributed by atoms with E-state index >= 15 is 0 Å². The Morgan fingerprint density at radius 3 is 2.35 bits per heavy atom.